The number of hydrogen-bond acceptors (Lipinski definition) is 2. The van der Waals surface area contributed by atoms with Crippen LogP contribution >= 0.6 is 15.9 Å². The number of hydrogen-bond donors (Lipinski definition) is 1. The number of nitrogens with one attached hydrogen (secondary N) is 1. The summed E-state index contributed by atoms with van der Waals surface area (Å²) in [5.41, 5.74) is 2.15. The van der Waals surface area contributed by atoms with Crippen molar-refractivity contribution >= 4 is 21.6 Å². The SMILES string of the molecule is Cc1cc(Br)ccc1NCC#N. The van der Waals surface area contributed by atoms with Gasteiger partial charge in [-0.1, -0.05) is 15.9 Å². The third-order valence-corrected chi connectivity index (χ3v) is 2.04. The van der Waals surface area contributed by atoms with Crippen molar-refractivity contribution in [1.29, 1.82) is 5.26 Å². The molecule has 0 aliphatic rings. The standard InChI is InChI=1S/C9H9BrN2/c1-7-6-8(10)2-3-9(7)12-5-4-11/h2-3,6,12H,5H2,1H3. The molecule has 2 nitrogen and oxygen atoms in total. The van der Waals surface area contributed by atoms with Crippen LogP contribution in [0.1, 0.15) is 5.56 Å². The van der Waals surface area contributed by atoms with Crippen LogP contribution < -0.4 is 5.32 Å². The third-order valence-electron chi connectivity index (χ3n) is 1.55. The quantitative estimate of drug-likeness (QED) is 0.785. The van der Waals surface area contributed by atoms with E-state index in [1.807, 2.05) is 31.2 Å². The maximum atomic E-state index is 8.35. The topological polar surface area (TPSA) is 35.8 Å². The van der Waals surface area contributed by atoms with Gasteiger partial charge >= 0.3 is 0 Å². The Morgan fingerprint density at radius 3 is 2.92 bits per heavy atom. The fourth-order valence-corrected chi connectivity index (χ4v) is 1.44. The minimum Gasteiger partial charge on any atom is -0.372 e. The Kier molecular flexibility index (Phi) is 3.12. The second kappa shape index (κ2) is 4.13. The number of benzene rings is 1. The van der Waals surface area contributed by atoms with Crippen LogP contribution in [0.15, 0.2) is 22.7 Å². The van der Waals surface area contributed by atoms with E-state index in [0.717, 1.165) is 15.7 Å². The average molecular weight is 225 g/mol. The second-order valence-corrected chi connectivity index (χ2v) is 3.39. The van der Waals surface area contributed by atoms with Gasteiger partial charge in [-0.25, -0.2) is 0 Å². The molecule has 0 amide bonds. The highest BCUT2D eigenvalue weighted by Gasteiger charge is 1.96. The minimum absolute atomic E-state index is 0.350. The molecule has 1 rings (SSSR count). The van der Waals surface area contributed by atoms with E-state index in [4.69, 9.17) is 5.26 Å². The summed E-state index contributed by atoms with van der Waals surface area (Å²) in [5, 5.41) is 11.4. The van der Waals surface area contributed by atoms with E-state index in [0.29, 0.717) is 6.54 Å². The van der Waals surface area contributed by atoms with Gasteiger partial charge in [-0.05, 0) is 30.7 Å². The van der Waals surface area contributed by atoms with E-state index < -0.39 is 0 Å². The lowest BCUT2D eigenvalue weighted by Gasteiger charge is -2.05. The lowest BCUT2D eigenvalue weighted by molar-refractivity contribution is 1.29. The maximum absolute atomic E-state index is 8.35. The monoisotopic (exact) mass is 224 g/mol. The van der Waals surface area contributed by atoms with Crippen LogP contribution in [-0.4, -0.2) is 6.54 Å². The molecule has 0 fully saturated rings. The first-order valence-corrected chi connectivity index (χ1v) is 4.40. The van der Waals surface area contributed by atoms with Gasteiger partial charge in [0.15, 0.2) is 0 Å². The molecule has 62 valence electrons. The second-order valence-electron chi connectivity index (χ2n) is 2.47. The Bertz CT molecular complexity index is 315. The molecule has 0 aromatic heterocycles. The van der Waals surface area contributed by atoms with Gasteiger partial charge in [0.2, 0.25) is 0 Å². The fourth-order valence-electron chi connectivity index (χ4n) is 0.960. The lowest BCUT2D eigenvalue weighted by Crippen LogP contribution is -1.99. The number of nitrogens with zero attached hydrogens (tertiary/aromatic N) is 1. The van der Waals surface area contributed by atoms with Crippen molar-refractivity contribution in [3.63, 3.8) is 0 Å². The first-order chi connectivity index (χ1) is 5.74. The molecular weight excluding hydrogens is 216 g/mol. The van der Waals surface area contributed by atoms with E-state index >= 15 is 0 Å². The molecule has 0 atom stereocenters. The van der Waals surface area contributed by atoms with Gasteiger partial charge in [0.05, 0.1) is 6.07 Å². The molecule has 0 aliphatic carbocycles. The zero-order valence-corrected chi connectivity index (χ0v) is 8.35. The first-order valence-electron chi connectivity index (χ1n) is 3.61. The molecular formula is C9H9BrN2. The van der Waals surface area contributed by atoms with Gasteiger partial charge in [-0.3, -0.25) is 0 Å². The van der Waals surface area contributed by atoms with Crippen LogP contribution in [0.3, 0.4) is 0 Å². The summed E-state index contributed by atoms with van der Waals surface area (Å²) >= 11 is 3.37. The summed E-state index contributed by atoms with van der Waals surface area (Å²) in [4.78, 5) is 0. The van der Waals surface area contributed by atoms with Gasteiger partial charge in [-0.2, -0.15) is 5.26 Å². The number of anilines is 1. The van der Waals surface area contributed by atoms with Gasteiger partial charge in [-0.15, -0.1) is 0 Å². The van der Waals surface area contributed by atoms with E-state index in [-0.39, 0.29) is 0 Å². The molecule has 0 saturated heterocycles. The van der Waals surface area contributed by atoms with Crippen LogP contribution in [0.2, 0.25) is 0 Å². The van der Waals surface area contributed by atoms with Gasteiger partial charge in [0.1, 0.15) is 6.54 Å². The summed E-state index contributed by atoms with van der Waals surface area (Å²) in [7, 11) is 0. The van der Waals surface area contributed by atoms with Crippen molar-refractivity contribution in [2.45, 2.75) is 6.92 Å². The molecule has 0 unspecified atom stereocenters. The summed E-state index contributed by atoms with van der Waals surface area (Å²) < 4.78 is 1.06. The number of halogens is 1. The molecule has 0 bridgehead atoms. The van der Waals surface area contributed by atoms with Gasteiger partial charge in [0, 0.05) is 10.2 Å². The smallest absolute Gasteiger partial charge is 0.103 e. The van der Waals surface area contributed by atoms with Crippen molar-refractivity contribution in [3.05, 3.63) is 28.2 Å². The molecule has 1 aromatic carbocycles. The van der Waals surface area contributed by atoms with Crippen molar-refractivity contribution in [3.8, 4) is 6.07 Å². The Balaban J connectivity index is 2.81. The normalized spacial score (nSPS) is 9.08. The minimum atomic E-state index is 0.350. The predicted octanol–water partition coefficient (Wildman–Crippen LogP) is 2.69. The van der Waals surface area contributed by atoms with Crippen LogP contribution in [0.5, 0.6) is 0 Å². The highest BCUT2D eigenvalue weighted by molar-refractivity contribution is 9.10. The van der Waals surface area contributed by atoms with E-state index in [2.05, 4.69) is 21.2 Å². The molecule has 1 N–H and O–H groups in total. The molecule has 0 aliphatic heterocycles. The third kappa shape index (κ3) is 2.24. The fraction of sp³-hybridized carbons (Fsp3) is 0.222. The zero-order chi connectivity index (χ0) is 8.97. The first kappa shape index (κ1) is 9.08. The Hall–Kier alpha value is -1.01. The Morgan fingerprint density at radius 2 is 2.33 bits per heavy atom. The Morgan fingerprint density at radius 1 is 1.58 bits per heavy atom. The van der Waals surface area contributed by atoms with Crippen molar-refractivity contribution in [2.24, 2.45) is 0 Å². The van der Waals surface area contributed by atoms with Crippen molar-refractivity contribution in [2.75, 3.05) is 11.9 Å². The lowest BCUT2D eigenvalue weighted by atomic mass is 10.2. The molecule has 0 saturated carbocycles. The zero-order valence-electron chi connectivity index (χ0n) is 6.76. The maximum Gasteiger partial charge on any atom is 0.103 e. The Labute approximate surface area is 80.3 Å². The summed E-state index contributed by atoms with van der Waals surface area (Å²) in [5.74, 6) is 0. The number of rotatable bonds is 2. The average Bonchev–Trinajstić information content (AvgIpc) is 2.03. The summed E-state index contributed by atoms with van der Waals surface area (Å²) in [6.07, 6.45) is 0. The van der Waals surface area contributed by atoms with Gasteiger partial charge in [0.25, 0.3) is 0 Å². The number of aryl methyl sites for hydroxylation is 1. The summed E-state index contributed by atoms with van der Waals surface area (Å²) in [6.45, 7) is 2.35. The summed E-state index contributed by atoms with van der Waals surface area (Å²) in [6, 6.07) is 7.95. The highest BCUT2D eigenvalue weighted by Crippen LogP contribution is 2.19. The van der Waals surface area contributed by atoms with Crippen LogP contribution in [0, 0.1) is 18.3 Å². The molecule has 3 heteroatoms. The van der Waals surface area contributed by atoms with Crippen molar-refractivity contribution < 1.29 is 0 Å². The molecule has 0 heterocycles. The van der Waals surface area contributed by atoms with E-state index in [1.54, 1.807) is 0 Å². The van der Waals surface area contributed by atoms with E-state index in [1.165, 1.54) is 0 Å². The van der Waals surface area contributed by atoms with Gasteiger partial charge < -0.3 is 5.32 Å². The molecule has 12 heavy (non-hydrogen) atoms. The predicted molar refractivity (Wildman–Crippen MR) is 53.0 cm³/mol. The van der Waals surface area contributed by atoms with Crippen molar-refractivity contribution in [1.82, 2.24) is 0 Å². The van der Waals surface area contributed by atoms with Crippen LogP contribution in [0.25, 0.3) is 0 Å². The molecule has 1 aromatic rings. The van der Waals surface area contributed by atoms with Crippen LogP contribution in [0.4, 0.5) is 5.69 Å². The molecule has 0 radical (unpaired) electrons. The van der Waals surface area contributed by atoms with E-state index in [9.17, 15) is 0 Å². The highest BCUT2D eigenvalue weighted by atomic mass is 79.9. The number of nitriles is 1. The van der Waals surface area contributed by atoms with Crippen LogP contribution in [-0.2, 0) is 0 Å². The largest absolute Gasteiger partial charge is 0.372 e. The molecule has 0 spiro atoms.